The molecule has 1 saturated heterocycles. The van der Waals surface area contributed by atoms with E-state index in [2.05, 4.69) is 26.3 Å². The Kier molecular flexibility index (Phi) is 5.60. The second-order valence-corrected chi connectivity index (χ2v) is 6.30. The number of benzene rings is 1. The second-order valence-electron chi connectivity index (χ2n) is 5.89. The van der Waals surface area contributed by atoms with E-state index < -0.39 is 0 Å². The Morgan fingerprint density at radius 1 is 1.32 bits per heavy atom. The maximum Gasteiger partial charge on any atom is 0.193 e. The van der Waals surface area contributed by atoms with Crippen LogP contribution in [-0.4, -0.2) is 31.1 Å². The topological polar surface area (TPSA) is 75.8 Å². The van der Waals surface area contributed by atoms with Crippen LogP contribution >= 0.6 is 11.6 Å². The zero-order chi connectivity index (χ0) is 17.6. The Morgan fingerprint density at radius 2 is 2.12 bits per heavy atom. The van der Waals surface area contributed by atoms with Crippen LogP contribution in [-0.2, 0) is 6.54 Å². The number of nitrogens with two attached hydrogens (primary N) is 1. The van der Waals surface area contributed by atoms with Crippen molar-refractivity contribution in [1.82, 2.24) is 4.98 Å². The molecule has 0 radical (unpaired) electrons. The highest BCUT2D eigenvalue weighted by Crippen LogP contribution is 2.27. The van der Waals surface area contributed by atoms with Gasteiger partial charge in [0.1, 0.15) is 11.6 Å². The average molecular weight is 360 g/mol. The number of anilines is 2. The number of hydrogen-bond donors (Lipinski definition) is 2. The lowest BCUT2D eigenvalue weighted by Crippen LogP contribution is -2.22. The predicted molar refractivity (Wildman–Crippen MR) is 103 cm³/mol. The van der Waals surface area contributed by atoms with Gasteiger partial charge in [-0.3, -0.25) is 0 Å². The highest BCUT2D eigenvalue weighted by molar-refractivity contribution is 6.32. The molecule has 1 aliphatic heterocycles. The summed E-state index contributed by atoms with van der Waals surface area (Å²) in [5, 5.41) is 3.55. The Morgan fingerprint density at radius 3 is 2.84 bits per heavy atom. The van der Waals surface area contributed by atoms with E-state index in [4.69, 9.17) is 22.1 Å². The molecule has 1 aromatic heterocycles. The number of aliphatic imine (C=N–C) groups is 1. The van der Waals surface area contributed by atoms with Gasteiger partial charge in [0.05, 0.1) is 18.7 Å². The smallest absolute Gasteiger partial charge is 0.193 e. The van der Waals surface area contributed by atoms with Crippen molar-refractivity contribution >= 4 is 29.1 Å². The molecule has 0 spiro atoms. The van der Waals surface area contributed by atoms with Crippen LogP contribution in [0, 0.1) is 0 Å². The van der Waals surface area contributed by atoms with Gasteiger partial charge in [-0.2, -0.15) is 0 Å². The van der Waals surface area contributed by atoms with Crippen LogP contribution in [0.15, 0.2) is 41.5 Å². The average Bonchev–Trinajstić information content (AvgIpc) is 3.15. The number of ether oxygens (including phenoxy) is 1. The molecule has 1 fully saturated rings. The molecule has 25 heavy (non-hydrogen) atoms. The minimum Gasteiger partial charge on any atom is -0.495 e. The fourth-order valence-electron chi connectivity index (χ4n) is 2.79. The van der Waals surface area contributed by atoms with Crippen molar-refractivity contribution in [2.24, 2.45) is 10.7 Å². The van der Waals surface area contributed by atoms with E-state index in [1.165, 1.54) is 12.8 Å². The van der Waals surface area contributed by atoms with Gasteiger partial charge < -0.3 is 20.7 Å². The van der Waals surface area contributed by atoms with Gasteiger partial charge >= 0.3 is 0 Å². The SMILES string of the molecule is COc1ccc(NC(N)=NCc2ccnc(N3CCCC3)c2)cc1Cl. The minimum atomic E-state index is 0.334. The lowest BCUT2D eigenvalue weighted by Gasteiger charge is -2.16. The molecular weight excluding hydrogens is 338 g/mol. The third-order valence-electron chi connectivity index (χ3n) is 4.10. The second kappa shape index (κ2) is 8.07. The van der Waals surface area contributed by atoms with Crippen molar-refractivity contribution in [3.05, 3.63) is 47.1 Å². The lowest BCUT2D eigenvalue weighted by molar-refractivity contribution is 0.415. The fourth-order valence-corrected chi connectivity index (χ4v) is 3.04. The Hall–Kier alpha value is -2.47. The van der Waals surface area contributed by atoms with Crippen LogP contribution in [0.4, 0.5) is 11.5 Å². The molecule has 7 heteroatoms. The number of rotatable bonds is 5. The summed E-state index contributed by atoms with van der Waals surface area (Å²) >= 11 is 6.11. The van der Waals surface area contributed by atoms with E-state index in [0.717, 1.165) is 30.2 Å². The molecule has 3 rings (SSSR count). The number of methoxy groups -OCH3 is 1. The first-order valence-corrected chi connectivity index (χ1v) is 8.64. The number of halogens is 1. The first-order chi connectivity index (χ1) is 12.2. The fraction of sp³-hybridized carbons (Fsp3) is 0.333. The normalized spacial score (nSPS) is 14.6. The summed E-state index contributed by atoms with van der Waals surface area (Å²) in [6, 6.07) is 9.40. The Labute approximate surface area is 152 Å². The molecule has 1 aliphatic rings. The summed E-state index contributed by atoms with van der Waals surface area (Å²) in [6.07, 6.45) is 4.28. The van der Waals surface area contributed by atoms with Crippen LogP contribution < -0.4 is 20.7 Å². The third-order valence-corrected chi connectivity index (χ3v) is 4.39. The molecule has 0 amide bonds. The maximum atomic E-state index is 6.11. The van der Waals surface area contributed by atoms with Crippen LogP contribution in [0.25, 0.3) is 0 Å². The molecule has 0 bridgehead atoms. The van der Waals surface area contributed by atoms with Crippen molar-refractivity contribution in [3.8, 4) is 5.75 Å². The van der Waals surface area contributed by atoms with Crippen molar-refractivity contribution < 1.29 is 4.74 Å². The van der Waals surface area contributed by atoms with Crippen molar-refractivity contribution in [3.63, 3.8) is 0 Å². The van der Waals surface area contributed by atoms with Gasteiger partial charge in [0, 0.05) is 25.0 Å². The van der Waals surface area contributed by atoms with Gasteiger partial charge in [-0.25, -0.2) is 9.98 Å². The highest BCUT2D eigenvalue weighted by atomic mass is 35.5. The predicted octanol–water partition coefficient (Wildman–Crippen LogP) is 3.27. The van der Waals surface area contributed by atoms with Crippen molar-refractivity contribution in [2.75, 3.05) is 30.4 Å². The molecule has 6 nitrogen and oxygen atoms in total. The maximum absolute atomic E-state index is 6.11. The van der Waals surface area contributed by atoms with Gasteiger partial charge in [-0.1, -0.05) is 11.6 Å². The summed E-state index contributed by atoms with van der Waals surface area (Å²) in [5.41, 5.74) is 7.81. The molecule has 0 aliphatic carbocycles. The van der Waals surface area contributed by atoms with Gasteiger partial charge in [0.2, 0.25) is 0 Å². The van der Waals surface area contributed by atoms with E-state index >= 15 is 0 Å². The molecule has 0 unspecified atom stereocenters. The van der Waals surface area contributed by atoms with E-state index in [-0.39, 0.29) is 0 Å². The standard InChI is InChI=1S/C18H22ClN5O/c1-25-16-5-4-14(11-15(16)19)23-18(20)22-12-13-6-7-21-17(10-13)24-8-2-3-9-24/h4-7,10-11H,2-3,8-9,12H2,1H3,(H3,20,22,23). The summed E-state index contributed by atoms with van der Waals surface area (Å²) in [5.74, 6) is 1.97. The van der Waals surface area contributed by atoms with E-state index in [1.807, 2.05) is 18.3 Å². The largest absolute Gasteiger partial charge is 0.495 e. The summed E-state index contributed by atoms with van der Waals surface area (Å²) in [7, 11) is 1.58. The molecule has 2 heterocycles. The summed E-state index contributed by atoms with van der Waals surface area (Å²) in [6.45, 7) is 2.63. The molecule has 1 aromatic carbocycles. The van der Waals surface area contributed by atoms with Gasteiger partial charge in [0.25, 0.3) is 0 Å². The number of nitrogens with zero attached hydrogens (tertiary/aromatic N) is 3. The molecular formula is C18H22ClN5O. The first-order valence-electron chi connectivity index (χ1n) is 8.26. The quantitative estimate of drug-likeness (QED) is 0.633. The van der Waals surface area contributed by atoms with Crippen LogP contribution in [0.3, 0.4) is 0 Å². The molecule has 3 N–H and O–H groups in total. The molecule has 0 saturated carbocycles. The number of guanidine groups is 1. The zero-order valence-corrected chi connectivity index (χ0v) is 15.0. The van der Waals surface area contributed by atoms with E-state index in [9.17, 15) is 0 Å². The Bertz CT molecular complexity index is 759. The first kappa shape index (κ1) is 17.4. The minimum absolute atomic E-state index is 0.334. The number of nitrogens with one attached hydrogen (secondary N) is 1. The summed E-state index contributed by atoms with van der Waals surface area (Å²) < 4.78 is 5.13. The highest BCUT2D eigenvalue weighted by Gasteiger charge is 2.13. The Balaban J connectivity index is 1.63. The number of aromatic nitrogens is 1. The molecule has 0 atom stereocenters. The zero-order valence-electron chi connectivity index (χ0n) is 14.2. The van der Waals surface area contributed by atoms with Gasteiger partial charge in [-0.15, -0.1) is 0 Å². The van der Waals surface area contributed by atoms with Crippen LogP contribution in [0.1, 0.15) is 18.4 Å². The monoisotopic (exact) mass is 359 g/mol. The van der Waals surface area contributed by atoms with E-state index in [0.29, 0.717) is 23.3 Å². The van der Waals surface area contributed by atoms with Crippen molar-refractivity contribution in [1.29, 1.82) is 0 Å². The van der Waals surface area contributed by atoms with Gasteiger partial charge in [-0.05, 0) is 48.7 Å². The summed E-state index contributed by atoms with van der Waals surface area (Å²) in [4.78, 5) is 11.1. The molecule has 2 aromatic rings. The number of pyridine rings is 1. The van der Waals surface area contributed by atoms with Crippen LogP contribution in [0.2, 0.25) is 5.02 Å². The van der Waals surface area contributed by atoms with E-state index in [1.54, 1.807) is 19.2 Å². The molecule has 132 valence electrons. The number of hydrogen-bond acceptors (Lipinski definition) is 4. The van der Waals surface area contributed by atoms with Crippen molar-refractivity contribution in [2.45, 2.75) is 19.4 Å². The van der Waals surface area contributed by atoms with Gasteiger partial charge in [0.15, 0.2) is 5.96 Å². The van der Waals surface area contributed by atoms with Crippen LogP contribution in [0.5, 0.6) is 5.75 Å². The lowest BCUT2D eigenvalue weighted by atomic mass is 10.2. The third kappa shape index (κ3) is 4.54.